The molecule has 0 aliphatic carbocycles. The van der Waals surface area contributed by atoms with Crippen LogP contribution in [0.5, 0.6) is 0 Å². The van der Waals surface area contributed by atoms with Gasteiger partial charge in [-0.05, 0) is 37.1 Å². The average molecular weight is 282 g/mol. The van der Waals surface area contributed by atoms with Crippen LogP contribution in [0.4, 0.5) is 17.2 Å². The minimum atomic E-state index is 0.535. The van der Waals surface area contributed by atoms with Crippen molar-refractivity contribution in [1.82, 2.24) is 4.98 Å². The van der Waals surface area contributed by atoms with E-state index in [0.29, 0.717) is 27.2 Å². The summed E-state index contributed by atoms with van der Waals surface area (Å²) in [6.45, 7) is 3.83. The van der Waals surface area contributed by atoms with E-state index >= 15 is 0 Å². The predicted molar refractivity (Wildman–Crippen MR) is 77.9 cm³/mol. The highest BCUT2D eigenvalue weighted by Crippen LogP contribution is 2.36. The molecule has 0 aliphatic heterocycles. The molecule has 0 amide bonds. The highest BCUT2D eigenvalue weighted by Gasteiger charge is 2.11. The van der Waals surface area contributed by atoms with Gasteiger partial charge in [0.25, 0.3) is 0 Å². The molecule has 2 aromatic rings. The minimum Gasteiger partial charge on any atom is -0.396 e. The highest BCUT2D eigenvalue weighted by atomic mass is 35.5. The summed E-state index contributed by atoms with van der Waals surface area (Å²) in [5.74, 6) is 0.560. The maximum Gasteiger partial charge on any atom is 0.153 e. The molecule has 0 saturated heterocycles. The van der Waals surface area contributed by atoms with Crippen molar-refractivity contribution in [3.8, 4) is 0 Å². The first kappa shape index (κ1) is 13.0. The van der Waals surface area contributed by atoms with Crippen molar-refractivity contribution in [3.63, 3.8) is 0 Å². The van der Waals surface area contributed by atoms with Gasteiger partial charge < -0.3 is 11.1 Å². The van der Waals surface area contributed by atoms with E-state index in [9.17, 15) is 0 Å². The lowest BCUT2D eigenvalue weighted by atomic mass is 10.2. The van der Waals surface area contributed by atoms with Crippen molar-refractivity contribution >= 4 is 40.4 Å². The van der Waals surface area contributed by atoms with E-state index in [1.807, 2.05) is 26.0 Å². The van der Waals surface area contributed by atoms with Crippen molar-refractivity contribution in [2.45, 2.75) is 13.8 Å². The number of anilines is 3. The Balaban J connectivity index is 2.46. The van der Waals surface area contributed by atoms with Crippen LogP contribution in [0, 0.1) is 13.8 Å². The van der Waals surface area contributed by atoms with Gasteiger partial charge in [-0.2, -0.15) is 0 Å². The first-order chi connectivity index (χ1) is 8.50. The molecule has 0 fully saturated rings. The second-order valence-corrected chi connectivity index (χ2v) is 4.85. The summed E-state index contributed by atoms with van der Waals surface area (Å²) in [6, 6.07) is 5.50. The normalized spacial score (nSPS) is 10.4. The molecule has 3 nitrogen and oxygen atoms in total. The monoisotopic (exact) mass is 281 g/mol. The molecule has 1 aromatic heterocycles. The lowest BCUT2D eigenvalue weighted by Gasteiger charge is -2.13. The second-order valence-electron chi connectivity index (χ2n) is 4.07. The number of hydrogen-bond acceptors (Lipinski definition) is 3. The minimum absolute atomic E-state index is 0.535. The van der Waals surface area contributed by atoms with Crippen LogP contribution in [-0.4, -0.2) is 4.98 Å². The second kappa shape index (κ2) is 5.04. The largest absolute Gasteiger partial charge is 0.396 e. The number of nitrogens with two attached hydrogens (primary N) is 1. The lowest BCUT2D eigenvalue weighted by Crippen LogP contribution is -2.02. The summed E-state index contributed by atoms with van der Waals surface area (Å²) < 4.78 is 0. The van der Waals surface area contributed by atoms with E-state index < -0.39 is 0 Å². The molecular weight excluding hydrogens is 269 g/mol. The number of hydrogen-bond donors (Lipinski definition) is 2. The lowest BCUT2D eigenvalue weighted by molar-refractivity contribution is 1.27. The quantitative estimate of drug-likeness (QED) is 0.861. The van der Waals surface area contributed by atoms with E-state index in [1.165, 1.54) is 0 Å². The zero-order chi connectivity index (χ0) is 13.3. The molecule has 1 heterocycles. The van der Waals surface area contributed by atoms with E-state index in [1.54, 1.807) is 12.3 Å². The van der Waals surface area contributed by atoms with E-state index in [2.05, 4.69) is 10.3 Å². The standard InChI is InChI=1S/C13H13Cl2N3/c1-7-3-4-9(14)12(10(7)15)18-13-11(16)8(2)5-6-17-13/h3-6H,16H2,1-2H3,(H,17,18). The Morgan fingerprint density at radius 1 is 1.11 bits per heavy atom. The van der Waals surface area contributed by atoms with Gasteiger partial charge in [-0.25, -0.2) is 4.98 Å². The van der Waals surface area contributed by atoms with Gasteiger partial charge in [-0.1, -0.05) is 29.3 Å². The van der Waals surface area contributed by atoms with Crippen LogP contribution in [0.2, 0.25) is 10.0 Å². The maximum absolute atomic E-state index is 6.22. The first-order valence-electron chi connectivity index (χ1n) is 5.43. The Labute approximate surface area is 116 Å². The number of aryl methyl sites for hydroxylation is 2. The molecule has 3 N–H and O–H groups in total. The Morgan fingerprint density at radius 3 is 2.56 bits per heavy atom. The van der Waals surface area contributed by atoms with E-state index in [0.717, 1.165) is 11.1 Å². The van der Waals surface area contributed by atoms with Crippen LogP contribution >= 0.6 is 23.2 Å². The maximum atomic E-state index is 6.22. The van der Waals surface area contributed by atoms with Crippen LogP contribution < -0.4 is 11.1 Å². The smallest absolute Gasteiger partial charge is 0.153 e. The van der Waals surface area contributed by atoms with Gasteiger partial charge in [0.15, 0.2) is 5.82 Å². The Hall–Kier alpha value is -1.45. The summed E-state index contributed by atoms with van der Waals surface area (Å²) in [6.07, 6.45) is 1.69. The summed E-state index contributed by atoms with van der Waals surface area (Å²) in [5.41, 5.74) is 9.07. The molecule has 0 unspecified atom stereocenters. The van der Waals surface area contributed by atoms with Crippen LogP contribution in [0.1, 0.15) is 11.1 Å². The highest BCUT2D eigenvalue weighted by molar-refractivity contribution is 6.39. The van der Waals surface area contributed by atoms with Crippen LogP contribution in [0.25, 0.3) is 0 Å². The van der Waals surface area contributed by atoms with Crippen molar-refractivity contribution in [2.24, 2.45) is 0 Å². The van der Waals surface area contributed by atoms with E-state index in [-0.39, 0.29) is 0 Å². The van der Waals surface area contributed by atoms with Crippen molar-refractivity contribution in [2.75, 3.05) is 11.1 Å². The predicted octanol–water partition coefficient (Wildman–Crippen LogP) is 4.33. The first-order valence-corrected chi connectivity index (χ1v) is 6.19. The Bertz CT molecular complexity index is 597. The fourth-order valence-corrected chi connectivity index (χ4v) is 2.02. The summed E-state index contributed by atoms with van der Waals surface area (Å²) in [5, 5.41) is 4.20. The number of nitrogen functional groups attached to an aromatic ring is 1. The molecule has 2 rings (SSSR count). The van der Waals surface area contributed by atoms with Crippen LogP contribution in [0.3, 0.4) is 0 Å². The van der Waals surface area contributed by atoms with Crippen molar-refractivity contribution in [1.29, 1.82) is 0 Å². The summed E-state index contributed by atoms with van der Waals surface area (Å²) >= 11 is 12.4. The van der Waals surface area contributed by atoms with Gasteiger partial charge in [0.2, 0.25) is 0 Å². The summed E-state index contributed by atoms with van der Waals surface area (Å²) in [4.78, 5) is 4.19. The Kier molecular flexibility index (Phi) is 3.64. The van der Waals surface area contributed by atoms with Gasteiger partial charge >= 0.3 is 0 Å². The van der Waals surface area contributed by atoms with Gasteiger partial charge in [0, 0.05) is 6.20 Å². The van der Waals surface area contributed by atoms with E-state index in [4.69, 9.17) is 28.9 Å². The van der Waals surface area contributed by atoms with Crippen LogP contribution in [0.15, 0.2) is 24.4 Å². The number of benzene rings is 1. The van der Waals surface area contributed by atoms with Gasteiger partial charge in [0.05, 0.1) is 21.4 Å². The summed E-state index contributed by atoms with van der Waals surface area (Å²) in [7, 11) is 0. The molecule has 0 saturated carbocycles. The topological polar surface area (TPSA) is 50.9 Å². The number of halogens is 2. The average Bonchev–Trinajstić information content (AvgIpc) is 2.35. The van der Waals surface area contributed by atoms with Crippen LogP contribution in [-0.2, 0) is 0 Å². The zero-order valence-corrected chi connectivity index (χ0v) is 11.6. The third-order valence-electron chi connectivity index (χ3n) is 2.74. The van der Waals surface area contributed by atoms with Crippen molar-refractivity contribution < 1.29 is 0 Å². The fraction of sp³-hybridized carbons (Fsp3) is 0.154. The number of rotatable bonds is 2. The molecule has 1 aromatic carbocycles. The van der Waals surface area contributed by atoms with Gasteiger partial charge in [-0.15, -0.1) is 0 Å². The van der Waals surface area contributed by atoms with Gasteiger partial charge in [0.1, 0.15) is 0 Å². The number of aromatic nitrogens is 1. The molecule has 0 spiro atoms. The molecular formula is C13H13Cl2N3. The Morgan fingerprint density at radius 2 is 1.83 bits per heavy atom. The SMILES string of the molecule is Cc1ccnc(Nc2c(Cl)ccc(C)c2Cl)c1N. The molecule has 0 aliphatic rings. The van der Waals surface area contributed by atoms with Gasteiger partial charge in [-0.3, -0.25) is 0 Å². The number of nitrogens with one attached hydrogen (secondary N) is 1. The third kappa shape index (κ3) is 2.37. The molecule has 0 atom stereocenters. The molecule has 0 bridgehead atoms. The van der Waals surface area contributed by atoms with Crippen molar-refractivity contribution in [3.05, 3.63) is 45.6 Å². The molecule has 94 valence electrons. The molecule has 18 heavy (non-hydrogen) atoms. The molecule has 0 radical (unpaired) electrons. The third-order valence-corrected chi connectivity index (χ3v) is 3.54. The fourth-order valence-electron chi connectivity index (χ4n) is 1.56. The zero-order valence-electron chi connectivity index (χ0n) is 10.1. The number of pyridine rings is 1. The molecule has 5 heteroatoms. The number of nitrogens with zero attached hydrogens (tertiary/aromatic N) is 1.